The van der Waals surface area contributed by atoms with Crippen LogP contribution in [0.3, 0.4) is 0 Å². The summed E-state index contributed by atoms with van der Waals surface area (Å²) in [6.45, 7) is 2.01. The van der Waals surface area contributed by atoms with Gasteiger partial charge in [0.1, 0.15) is 6.04 Å². The first-order chi connectivity index (χ1) is 14.5. The molecule has 2 fully saturated rings. The minimum Gasteiger partial charge on any atom is -0.324 e. The smallest absolute Gasteiger partial charge is 0.256 e. The van der Waals surface area contributed by atoms with Gasteiger partial charge in [0.05, 0.1) is 16.0 Å². The van der Waals surface area contributed by atoms with Crippen molar-refractivity contribution >= 4 is 40.9 Å². The quantitative estimate of drug-likeness (QED) is 0.655. The molecule has 4 rings (SSSR count). The molecule has 2 aromatic rings. The fourth-order valence-corrected chi connectivity index (χ4v) is 6.26. The third kappa shape index (κ3) is 4.52. The zero-order valence-electron chi connectivity index (χ0n) is 17.1. The predicted molar refractivity (Wildman–Crippen MR) is 124 cm³/mol. The average Bonchev–Trinajstić information content (AvgIpc) is 3.21. The number of carbonyl (C=O) groups is 2. The standard InChI is InChI=1S/C24H27ClN2O2S/c1-16-11-13-18(14-12-16)26-22(28)21-15-30-24(17-7-3-2-4-8-17)27(21)23(29)19-9-5-6-10-20(19)25/h5-6,9-14,17,21,24H,2-4,7-8,15H2,1H3,(H,26,28). The van der Waals surface area contributed by atoms with Gasteiger partial charge >= 0.3 is 0 Å². The van der Waals surface area contributed by atoms with Crippen molar-refractivity contribution in [3.8, 4) is 0 Å². The first-order valence-corrected chi connectivity index (χ1v) is 12.0. The zero-order chi connectivity index (χ0) is 21.1. The lowest BCUT2D eigenvalue weighted by Gasteiger charge is -2.35. The van der Waals surface area contributed by atoms with Gasteiger partial charge in [-0.3, -0.25) is 9.59 Å². The summed E-state index contributed by atoms with van der Waals surface area (Å²) in [4.78, 5) is 28.6. The highest BCUT2D eigenvalue weighted by molar-refractivity contribution is 8.00. The number of benzene rings is 2. The molecule has 30 heavy (non-hydrogen) atoms. The Labute approximate surface area is 187 Å². The third-order valence-corrected chi connectivity index (χ3v) is 7.84. The van der Waals surface area contributed by atoms with Crippen LogP contribution in [0.5, 0.6) is 0 Å². The van der Waals surface area contributed by atoms with Gasteiger partial charge in [0.15, 0.2) is 0 Å². The van der Waals surface area contributed by atoms with E-state index in [-0.39, 0.29) is 17.2 Å². The Hall–Kier alpha value is -1.98. The van der Waals surface area contributed by atoms with E-state index in [9.17, 15) is 9.59 Å². The molecule has 2 unspecified atom stereocenters. The number of nitrogens with one attached hydrogen (secondary N) is 1. The summed E-state index contributed by atoms with van der Waals surface area (Å²) in [5, 5.41) is 3.45. The van der Waals surface area contributed by atoms with Crippen molar-refractivity contribution in [1.82, 2.24) is 4.90 Å². The number of halogens is 1. The molecule has 6 heteroatoms. The molecule has 0 aromatic heterocycles. The highest BCUT2D eigenvalue weighted by Gasteiger charge is 2.45. The molecule has 1 heterocycles. The van der Waals surface area contributed by atoms with Crippen molar-refractivity contribution in [2.24, 2.45) is 5.92 Å². The monoisotopic (exact) mass is 442 g/mol. The Morgan fingerprint density at radius 2 is 1.73 bits per heavy atom. The fraction of sp³-hybridized carbons (Fsp3) is 0.417. The SMILES string of the molecule is Cc1ccc(NC(=O)C2CSC(C3CCCCC3)N2C(=O)c2ccccc2Cl)cc1. The number of hydrogen-bond acceptors (Lipinski definition) is 3. The first-order valence-electron chi connectivity index (χ1n) is 10.6. The van der Waals surface area contributed by atoms with Gasteiger partial charge < -0.3 is 10.2 Å². The van der Waals surface area contributed by atoms with Gasteiger partial charge in [0, 0.05) is 11.4 Å². The summed E-state index contributed by atoms with van der Waals surface area (Å²) in [5.41, 5.74) is 2.36. The molecular weight excluding hydrogens is 416 g/mol. The number of rotatable bonds is 4. The van der Waals surface area contributed by atoms with Gasteiger partial charge in [0.25, 0.3) is 5.91 Å². The van der Waals surface area contributed by atoms with Crippen LogP contribution < -0.4 is 5.32 Å². The highest BCUT2D eigenvalue weighted by atomic mass is 35.5. The van der Waals surface area contributed by atoms with Crippen LogP contribution in [0, 0.1) is 12.8 Å². The molecule has 4 nitrogen and oxygen atoms in total. The number of thioether (sulfide) groups is 1. The van der Waals surface area contributed by atoms with E-state index in [1.165, 1.54) is 19.3 Å². The molecule has 2 aromatic carbocycles. The van der Waals surface area contributed by atoms with Crippen molar-refractivity contribution in [3.63, 3.8) is 0 Å². The van der Waals surface area contributed by atoms with E-state index in [4.69, 9.17) is 11.6 Å². The predicted octanol–water partition coefficient (Wildman–Crippen LogP) is 5.75. The van der Waals surface area contributed by atoms with E-state index in [0.717, 1.165) is 24.1 Å². The second-order valence-electron chi connectivity index (χ2n) is 8.19. The maximum absolute atomic E-state index is 13.6. The molecule has 1 saturated carbocycles. The van der Waals surface area contributed by atoms with Crippen molar-refractivity contribution < 1.29 is 9.59 Å². The van der Waals surface area contributed by atoms with Crippen LogP contribution in [-0.2, 0) is 4.79 Å². The molecule has 2 atom stereocenters. The van der Waals surface area contributed by atoms with Gasteiger partial charge in [-0.15, -0.1) is 11.8 Å². The van der Waals surface area contributed by atoms with Crippen LogP contribution in [-0.4, -0.2) is 33.9 Å². The second kappa shape index (κ2) is 9.44. The summed E-state index contributed by atoms with van der Waals surface area (Å²) < 4.78 is 0. The van der Waals surface area contributed by atoms with Gasteiger partial charge in [-0.1, -0.05) is 60.7 Å². The minimum absolute atomic E-state index is 0.0165. The Morgan fingerprint density at radius 3 is 2.43 bits per heavy atom. The Bertz CT molecular complexity index is 912. The number of nitrogens with zero attached hydrogens (tertiary/aromatic N) is 1. The van der Waals surface area contributed by atoms with E-state index in [2.05, 4.69) is 5.32 Å². The molecule has 1 aliphatic carbocycles. The first kappa shape index (κ1) is 21.3. The maximum Gasteiger partial charge on any atom is 0.256 e. The van der Waals surface area contributed by atoms with Crippen LogP contribution in [0.15, 0.2) is 48.5 Å². The minimum atomic E-state index is -0.507. The summed E-state index contributed by atoms with van der Waals surface area (Å²) in [6.07, 6.45) is 5.85. The van der Waals surface area contributed by atoms with E-state index in [1.807, 2.05) is 48.2 Å². The number of amides is 2. The topological polar surface area (TPSA) is 49.4 Å². The Balaban J connectivity index is 1.61. The van der Waals surface area contributed by atoms with Crippen LogP contribution >= 0.6 is 23.4 Å². The van der Waals surface area contributed by atoms with Crippen LogP contribution in [0.25, 0.3) is 0 Å². The molecule has 1 aliphatic heterocycles. The van der Waals surface area contributed by atoms with Gasteiger partial charge in [-0.05, 0) is 49.9 Å². The van der Waals surface area contributed by atoms with Crippen LogP contribution in [0.4, 0.5) is 5.69 Å². The molecule has 2 amide bonds. The fourth-order valence-electron chi connectivity index (χ4n) is 4.41. The number of carbonyl (C=O) groups excluding carboxylic acids is 2. The van der Waals surface area contributed by atoms with E-state index >= 15 is 0 Å². The van der Waals surface area contributed by atoms with Crippen molar-refractivity contribution in [2.45, 2.75) is 50.4 Å². The highest BCUT2D eigenvalue weighted by Crippen LogP contribution is 2.41. The van der Waals surface area contributed by atoms with Crippen molar-refractivity contribution in [1.29, 1.82) is 0 Å². The number of aryl methyl sites for hydroxylation is 1. The third-order valence-electron chi connectivity index (χ3n) is 6.05. The molecule has 1 saturated heterocycles. The maximum atomic E-state index is 13.6. The number of hydrogen-bond donors (Lipinski definition) is 1. The average molecular weight is 443 g/mol. The molecule has 158 valence electrons. The van der Waals surface area contributed by atoms with Crippen molar-refractivity contribution in [3.05, 3.63) is 64.7 Å². The Kier molecular flexibility index (Phi) is 6.69. The lowest BCUT2D eigenvalue weighted by atomic mass is 9.88. The largest absolute Gasteiger partial charge is 0.324 e. The molecule has 0 bridgehead atoms. The molecule has 0 spiro atoms. The van der Waals surface area contributed by atoms with Crippen molar-refractivity contribution in [2.75, 3.05) is 11.1 Å². The van der Waals surface area contributed by atoms with Gasteiger partial charge in [0.2, 0.25) is 5.91 Å². The van der Waals surface area contributed by atoms with Crippen LogP contribution in [0.1, 0.15) is 48.0 Å². The van der Waals surface area contributed by atoms with Gasteiger partial charge in [-0.2, -0.15) is 0 Å². The second-order valence-corrected chi connectivity index (χ2v) is 9.74. The van der Waals surface area contributed by atoms with Gasteiger partial charge in [-0.25, -0.2) is 0 Å². The summed E-state index contributed by atoms with van der Waals surface area (Å²) in [6, 6.07) is 14.3. The molecule has 1 N–H and O–H groups in total. The van der Waals surface area contributed by atoms with Crippen LogP contribution in [0.2, 0.25) is 5.02 Å². The summed E-state index contributed by atoms with van der Waals surface area (Å²) in [7, 11) is 0. The molecule has 0 radical (unpaired) electrons. The number of anilines is 1. The summed E-state index contributed by atoms with van der Waals surface area (Å²) >= 11 is 8.08. The lowest BCUT2D eigenvalue weighted by Crippen LogP contribution is -2.49. The summed E-state index contributed by atoms with van der Waals surface area (Å²) in [5.74, 6) is 0.748. The van der Waals surface area contributed by atoms with E-state index < -0.39 is 6.04 Å². The zero-order valence-corrected chi connectivity index (χ0v) is 18.7. The van der Waals surface area contributed by atoms with E-state index in [1.54, 1.807) is 23.9 Å². The molecule has 2 aliphatic rings. The lowest BCUT2D eigenvalue weighted by molar-refractivity contribution is -0.120. The normalized spacial score (nSPS) is 22.1. The van der Waals surface area contributed by atoms with E-state index in [0.29, 0.717) is 22.3 Å². The molecular formula is C24H27ClN2O2S. The Morgan fingerprint density at radius 1 is 1.03 bits per heavy atom.